The van der Waals surface area contributed by atoms with Crippen LogP contribution in [0.2, 0.25) is 0 Å². The van der Waals surface area contributed by atoms with Gasteiger partial charge in [0.1, 0.15) is 11.5 Å². The van der Waals surface area contributed by atoms with E-state index in [2.05, 4.69) is 20.6 Å². The molecule has 0 atom stereocenters. The second-order valence-electron chi connectivity index (χ2n) is 6.72. The molecule has 1 aromatic heterocycles. The van der Waals surface area contributed by atoms with Gasteiger partial charge in [-0.2, -0.15) is 0 Å². The van der Waals surface area contributed by atoms with E-state index in [1.165, 1.54) is 6.20 Å². The first-order valence-corrected chi connectivity index (χ1v) is 9.43. The minimum Gasteiger partial charge on any atom is -0.450 e. The molecule has 1 aromatic carbocycles. The number of nitrogens with one attached hydrogen (secondary N) is 2. The Hall–Kier alpha value is -3.16. The predicted octanol–water partition coefficient (Wildman–Crippen LogP) is 3.07. The molecule has 2 amide bonds. The van der Waals surface area contributed by atoms with Gasteiger partial charge in [-0.15, -0.1) is 0 Å². The summed E-state index contributed by atoms with van der Waals surface area (Å²) in [5.74, 6) is 0.314. The monoisotopic (exact) mass is 383 g/mol. The second kappa shape index (κ2) is 9.16. The molecule has 8 heteroatoms. The summed E-state index contributed by atoms with van der Waals surface area (Å²) in [6.45, 7) is 5.43. The van der Waals surface area contributed by atoms with Crippen LogP contribution in [0, 0.1) is 6.92 Å². The van der Waals surface area contributed by atoms with E-state index in [1.807, 2.05) is 31.2 Å². The zero-order chi connectivity index (χ0) is 19.9. The molecule has 3 rings (SSSR count). The van der Waals surface area contributed by atoms with Crippen molar-refractivity contribution in [2.45, 2.75) is 32.7 Å². The number of aromatic nitrogens is 2. The smallest absolute Gasteiger partial charge is 0.409 e. The third kappa shape index (κ3) is 5.18. The van der Waals surface area contributed by atoms with Crippen LogP contribution in [0.3, 0.4) is 0 Å². The molecule has 0 radical (unpaired) electrons. The molecule has 8 nitrogen and oxygen atoms in total. The minimum absolute atomic E-state index is 0.201. The standard InChI is InChI=1S/C20H25N5O3/c1-3-28-20(27)25-9-7-15(8-10-25)23-18-13-21-17(12-22-18)19(26)24-16-6-4-5-14(2)11-16/h4-6,11-13,15H,3,7-10H2,1-2H3,(H,22,23)(H,24,26). The molecule has 0 unspecified atom stereocenters. The van der Waals surface area contributed by atoms with Gasteiger partial charge in [0.25, 0.3) is 5.91 Å². The van der Waals surface area contributed by atoms with Gasteiger partial charge in [-0.3, -0.25) is 4.79 Å². The van der Waals surface area contributed by atoms with Crippen LogP contribution < -0.4 is 10.6 Å². The molecule has 1 fully saturated rings. The Bertz CT molecular complexity index is 817. The number of benzene rings is 1. The summed E-state index contributed by atoms with van der Waals surface area (Å²) in [5.41, 5.74) is 2.05. The Morgan fingerprint density at radius 3 is 2.64 bits per heavy atom. The Labute approximate surface area is 164 Å². The molecular formula is C20H25N5O3. The summed E-state index contributed by atoms with van der Waals surface area (Å²) in [4.78, 5) is 34.3. The van der Waals surface area contributed by atoms with Crippen molar-refractivity contribution < 1.29 is 14.3 Å². The first-order chi connectivity index (χ1) is 13.5. The summed E-state index contributed by atoms with van der Waals surface area (Å²) in [6, 6.07) is 7.78. The van der Waals surface area contributed by atoms with Gasteiger partial charge in [0.2, 0.25) is 0 Å². The number of rotatable bonds is 5. The highest BCUT2D eigenvalue weighted by molar-refractivity contribution is 6.02. The number of carbonyl (C=O) groups is 2. The average molecular weight is 383 g/mol. The maximum atomic E-state index is 12.3. The molecule has 28 heavy (non-hydrogen) atoms. The Morgan fingerprint density at radius 1 is 1.21 bits per heavy atom. The molecule has 0 aliphatic carbocycles. The highest BCUT2D eigenvalue weighted by atomic mass is 16.6. The van der Waals surface area contributed by atoms with E-state index in [0.717, 1.165) is 24.1 Å². The van der Waals surface area contributed by atoms with Gasteiger partial charge in [-0.25, -0.2) is 14.8 Å². The fourth-order valence-corrected chi connectivity index (χ4v) is 3.07. The van der Waals surface area contributed by atoms with E-state index in [4.69, 9.17) is 4.74 Å². The normalized spacial score (nSPS) is 14.4. The highest BCUT2D eigenvalue weighted by Gasteiger charge is 2.23. The van der Waals surface area contributed by atoms with Crippen molar-refractivity contribution in [3.05, 3.63) is 47.9 Å². The second-order valence-corrected chi connectivity index (χ2v) is 6.72. The Morgan fingerprint density at radius 2 is 2.00 bits per heavy atom. The molecule has 1 aliphatic rings. The molecule has 0 saturated carbocycles. The van der Waals surface area contributed by atoms with Gasteiger partial charge in [0.05, 0.1) is 19.0 Å². The number of anilines is 2. The summed E-state index contributed by atoms with van der Waals surface area (Å²) in [6.07, 6.45) is 4.36. The molecule has 148 valence electrons. The SMILES string of the molecule is CCOC(=O)N1CCC(Nc2cnc(C(=O)Nc3cccc(C)c3)cn2)CC1. The molecule has 0 spiro atoms. The predicted molar refractivity (Wildman–Crippen MR) is 106 cm³/mol. The first-order valence-electron chi connectivity index (χ1n) is 9.43. The lowest BCUT2D eigenvalue weighted by atomic mass is 10.1. The average Bonchev–Trinajstić information content (AvgIpc) is 2.69. The van der Waals surface area contributed by atoms with E-state index in [-0.39, 0.29) is 23.7 Å². The van der Waals surface area contributed by atoms with Crippen molar-refractivity contribution in [2.24, 2.45) is 0 Å². The van der Waals surface area contributed by atoms with Crippen molar-refractivity contribution in [1.82, 2.24) is 14.9 Å². The van der Waals surface area contributed by atoms with E-state index >= 15 is 0 Å². The zero-order valence-corrected chi connectivity index (χ0v) is 16.1. The van der Waals surface area contributed by atoms with Gasteiger partial charge in [-0.05, 0) is 44.4 Å². The van der Waals surface area contributed by atoms with Crippen LogP contribution in [0.4, 0.5) is 16.3 Å². The molecular weight excluding hydrogens is 358 g/mol. The van der Waals surface area contributed by atoms with Gasteiger partial charge in [-0.1, -0.05) is 12.1 Å². The van der Waals surface area contributed by atoms with Crippen molar-refractivity contribution in [1.29, 1.82) is 0 Å². The fraction of sp³-hybridized carbons (Fsp3) is 0.400. The largest absolute Gasteiger partial charge is 0.450 e. The maximum absolute atomic E-state index is 12.3. The van der Waals surface area contributed by atoms with Crippen molar-refractivity contribution >= 4 is 23.5 Å². The number of ether oxygens (including phenoxy) is 1. The lowest BCUT2D eigenvalue weighted by Crippen LogP contribution is -2.42. The number of hydrogen-bond acceptors (Lipinski definition) is 6. The van der Waals surface area contributed by atoms with E-state index in [0.29, 0.717) is 25.5 Å². The molecule has 0 bridgehead atoms. The number of piperidine rings is 1. The van der Waals surface area contributed by atoms with Crippen LogP contribution in [0.5, 0.6) is 0 Å². The summed E-state index contributed by atoms with van der Waals surface area (Å²) >= 11 is 0. The number of likely N-dealkylation sites (tertiary alicyclic amines) is 1. The van der Waals surface area contributed by atoms with Gasteiger partial charge in [0, 0.05) is 24.8 Å². The third-order valence-electron chi connectivity index (χ3n) is 4.53. The molecule has 1 saturated heterocycles. The van der Waals surface area contributed by atoms with Crippen molar-refractivity contribution in [3.8, 4) is 0 Å². The van der Waals surface area contributed by atoms with E-state index in [1.54, 1.807) is 18.0 Å². The summed E-state index contributed by atoms with van der Waals surface area (Å²) < 4.78 is 5.03. The number of nitrogens with zero attached hydrogens (tertiary/aromatic N) is 3. The van der Waals surface area contributed by atoms with Crippen LogP contribution in [-0.2, 0) is 4.74 Å². The van der Waals surface area contributed by atoms with Crippen LogP contribution in [0.1, 0.15) is 35.8 Å². The van der Waals surface area contributed by atoms with Gasteiger partial charge >= 0.3 is 6.09 Å². The zero-order valence-electron chi connectivity index (χ0n) is 16.1. The Kier molecular flexibility index (Phi) is 6.41. The number of amides is 2. The Balaban J connectivity index is 1.51. The number of carbonyl (C=O) groups excluding carboxylic acids is 2. The van der Waals surface area contributed by atoms with Gasteiger partial charge < -0.3 is 20.3 Å². The third-order valence-corrected chi connectivity index (χ3v) is 4.53. The number of aryl methyl sites for hydroxylation is 1. The fourth-order valence-electron chi connectivity index (χ4n) is 3.07. The van der Waals surface area contributed by atoms with Crippen LogP contribution >= 0.6 is 0 Å². The quantitative estimate of drug-likeness (QED) is 0.824. The maximum Gasteiger partial charge on any atom is 0.409 e. The van der Waals surface area contributed by atoms with E-state index in [9.17, 15) is 9.59 Å². The lowest BCUT2D eigenvalue weighted by Gasteiger charge is -2.31. The molecule has 2 aromatic rings. The molecule has 2 N–H and O–H groups in total. The first kappa shape index (κ1) is 19.6. The summed E-state index contributed by atoms with van der Waals surface area (Å²) in [5, 5.41) is 6.13. The van der Waals surface area contributed by atoms with Crippen molar-refractivity contribution in [2.75, 3.05) is 30.3 Å². The topological polar surface area (TPSA) is 96.5 Å². The number of hydrogen-bond donors (Lipinski definition) is 2. The molecule has 2 heterocycles. The van der Waals surface area contributed by atoms with Crippen molar-refractivity contribution in [3.63, 3.8) is 0 Å². The lowest BCUT2D eigenvalue weighted by molar-refractivity contribution is 0.0982. The van der Waals surface area contributed by atoms with Gasteiger partial charge in [0.15, 0.2) is 0 Å². The van der Waals surface area contributed by atoms with E-state index < -0.39 is 0 Å². The van der Waals surface area contributed by atoms with Crippen LogP contribution in [-0.4, -0.2) is 52.6 Å². The summed E-state index contributed by atoms with van der Waals surface area (Å²) in [7, 11) is 0. The van der Waals surface area contributed by atoms with Crippen LogP contribution in [0.15, 0.2) is 36.7 Å². The molecule has 1 aliphatic heterocycles. The van der Waals surface area contributed by atoms with Crippen LogP contribution in [0.25, 0.3) is 0 Å². The minimum atomic E-state index is -0.299. The highest BCUT2D eigenvalue weighted by Crippen LogP contribution is 2.16.